The lowest BCUT2D eigenvalue weighted by molar-refractivity contribution is 0.231. The number of fused-ring (bicyclic) bond motifs is 2. The maximum absolute atomic E-state index is 12.6. The molecule has 4 rings (SSSR count). The van der Waals surface area contributed by atoms with Gasteiger partial charge >= 0.3 is 6.01 Å². The molecule has 4 nitrogen and oxygen atoms in total. The molecule has 1 atom stereocenters. The second-order valence-electron chi connectivity index (χ2n) is 5.35. The molecule has 0 bridgehead atoms. The van der Waals surface area contributed by atoms with Gasteiger partial charge in [-0.2, -0.15) is 4.98 Å². The van der Waals surface area contributed by atoms with Crippen molar-refractivity contribution < 1.29 is 4.74 Å². The molecule has 0 fully saturated rings. The number of aryl methyl sites for hydroxylation is 1. The lowest BCUT2D eigenvalue weighted by Crippen LogP contribution is -2.19. The summed E-state index contributed by atoms with van der Waals surface area (Å²) in [6.07, 6.45) is -0.149. The molecule has 0 N–H and O–H groups in total. The first kappa shape index (κ1) is 12.1. The molecule has 0 spiro atoms. The molecular weight excluding hydrogens is 264 g/mol. The topological polar surface area (TPSA) is 44.1 Å². The molecule has 1 aliphatic heterocycles. The van der Waals surface area contributed by atoms with Crippen LogP contribution in [0.15, 0.2) is 53.3 Å². The van der Waals surface area contributed by atoms with Crippen LogP contribution in [0.3, 0.4) is 0 Å². The predicted molar refractivity (Wildman–Crippen MR) is 80.6 cm³/mol. The van der Waals surface area contributed by atoms with Gasteiger partial charge in [-0.25, -0.2) is 0 Å². The van der Waals surface area contributed by atoms with E-state index in [1.807, 2.05) is 55.5 Å². The van der Waals surface area contributed by atoms with Gasteiger partial charge < -0.3 is 4.74 Å². The second kappa shape index (κ2) is 4.45. The first-order valence-electron chi connectivity index (χ1n) is 6.95. The van der Waals surface area contributed by atoms with Crippen molar-refractivity contribution in [3.8, 4) is 6.01 Å². The summed E-state index contributed by atoms with van der Waals surface area (Å²) in [5.41, 5.74) is 2.80. The van der Waals surface area contributed by atoms with Crippen LogP contribution in [0.4, 0.5) is 0 Å². The maximum atomic E-state index is 12.6. The van der Waals surface area contributed by atoms with Crippen LogP contribution in [-0.2, 0) is 6.54 Å². The van der Waals surface area contributed by atoms with E-state index in [1.54, 1.807) is 4.57 Å². The average Bonchev–Trinajstić information content (AvgIpc) is 2.92. The highest BCUT2D eigenvalue weighted by atomic mass is 16.5. The molecule has 2 aromatic carbocycles. The third-order valence-corrected chi connectivity index (χ3v) is 3.84. The van der Waals surface area contributed by atoms with Gasteiger partial charge in [-0.1, -0.05) is 36.4 Å². The van der Waals surface area contributed by atoms with Crippen molar-refractivity contribution in [2.24, 2.45) is 0 Å². The summed E-state index contributed by atoms with van der Waals surface area (Å²) in [5, 5.41) is 0.640. The van der Waals surface area contributed by atoms with E-state index in [9.17, 15) is 4.79 Å². The van der Waals surface area contributed by atoms with E-state index in [-0.39, 0.29) is 11.7 Å². The third-order valence-electron chi connectivity index (χ3n) is 3.84. The van der Waals surface area contributed by atoms with Gasteiger partial charge in [0.1, 0.15) is 6.10 Å². The quantitative estimate of drug-likeness (QED) is 0.687. The number of ether oxygens (including phenoxy) is 1. The highest BCUT2D eigenvalue weighted by Gasteiger charge is 2.27. The highest BCUT2D eigenvalue weighted by molar-refractivity contribution is 5.78. The van der Waals surface area contributed by atoms with E-state index in [4.69, 9.17) is 4.74 Å². The Bertz CT molecular complexity index is 884. The zero-order chi connectivity index (χ0) is 14.4. The molecule has 3 aromatic rings. The zero-order valence-corrected chi connectivity index (χ0v) is 11.6. The maximum Gasteiger partial charge on any atom is 0.300 e. The van der Waals surface area contributed by atoms with Crippen LogP contribution in [0.5, 0.6) is 6.01 Å². The van der Waals surface area contributed by atoms with Crippen molar-refractivity contribution in [3.63, 3.8) is 0 Å². The summed E-state index contributed by atoms with van der Waals surface area (Å²) >= 11 is 0. The molecule has 0 saturated carbocycles. The molecule has 104 valence electrons. The number of rotatable bonds is 1. The molecule has 1 aromatic heterocycles. The fourth-order valence-corrected chi connectivity index (χ4v) is 2.73. The SMILES string of the molecule is Cc1ccc2c(=O)n3c(nc2c1)OC(c1ccccc1)C3. The van der Waals surface area contributed by atoms with E-state index in [0.29, 0.717) is 23.5 Å². The van der Waals surface area contributed by atoms with Gasteiger partial charge in [0, 0.05) is 0 Å². The van der Waals surface area contributed by atoms with Crippen LogP contribution < -0.4 is 10.3 Å². The van der Waals surface area contributed by atoms with E-state index in [1.165, 1.54) is 0 Å². The predicted octanol–water partition coefficient (Wildman–Crippen LogP) is 2.84. The lowest BCUT2D eigenvalue weighted by Gasteiger charge is -2.08. The molecule has 1 unspecified atom stereocenters. The number of nitrogens with zero attached hydrogens (tertiary/aromatic N) is 2. The Morgan fingerprint density at radius 3 is 2.81 bits per heavy atom. The number of benzene rings is 2. The minimum Gasteiger partial charge on any atom is -0.454 e. The second-order valence-corrected chi connectivity index (χ2v) is 5.35. The van der Waals surface area contributed by atoms with Crippen molar-refractivity contribution >= 4 is 10.9 Å². The lowest BCUT2D eigenvalue weighted by atomic mass is 10.1. The summed E-state index contributed by atoms with van der Waals surface area (Å²) in [4.78, 5) is 17.0. The van der Waals surface area contributed by atoms with Gasteiger partial charge in [0.2, 0.25) is 0 Å². The molecule has 0 radical (unpaired) electrons. The Hall–Kier alpha value is -2.62. The zero-order valence-electron chi connectivity index (χ0n) is 11.6. The van der Waals surface area contributed by atoms with Crippen LogP contribution in [-0.4, -0.2) is 9.55 Å². The third kappa shape index (κ3) is 1.91. The molecule has 0 saturated heterocycles. The monoisotopic (exact) mass is 278 g/mol. The number of hydrogen-bond donors (Lipinski definition) is 0. The van der Waals surface area contributed by atoms with Crippen molar-refractivity contribution in [3.05, 3.63) is 70.0 Å². The number of hydrogen-bond acceptors (Lipinski definition) is 3. The van der Waals surface area contributed by atoms with E-state index in [2.05, 4.69) is 4.98 Å². The van der Waals surface area contributed by atoms with Gasteiger partial charge in [0.15, 0.2) is 0 Å². The normalized spacial score (nSPS) is 16.7. The Morgan fingerprint density at radius 1 is 1.19 bits per heavy atom. The Morgan fingerprint density at radius 2 is 2.00 bits per heavy atom. The average molecular weight is 278 g/mol. The summed E-state index contributed by atoms with van der Waals surface area (Å²) in [6, 6.07) is 16.0. The minimum absolute atomic E-state index is 0.0339. The molecule has 1 aliphatic rings. The van der Waals surface area contributed by atoms with E-state index in [0.717, 1.165) is 11.1 Å². The smallest absolute Gasteiger partial charge is 0.300 e. The van der Waals surface area contributed by atoms with Crippen molar-refractivity contribution in [2.75, 3.05) is 0 Å². The largest absolute Gasteiger partial charge is 0.454 e. The van der Waals surface area contributed by atoms with Crippen LogP contribution >= 0.6 is 0 Å². The van der Waals surface area contributed by atoms with Gasteiger partial charge in [-0.05, 0) is 30.2 Å². The van der Waals surface area contributed by atoms with E-state index >= 15 is 0 Å². The van der Waals surface area contributed by atoms with E-state index < -0.39 is 0 Å². The number of aromatic nitrogens is 2. The van der Waals surface area contributed by atoms with Crippen LogP contribution in [0.1, 0.15) is 17.2 Å². The van der Waals surface area contributed by atoms with Crippen molar-refractivity contribution in [2.45, 2.75) is 19.6 Å². The Labute approximate surface area is 121 Å². The van der Waals surface area contributed by atoms with Crippen LogP contribution in [0, 0.1) is 6.92 Å². The van der Waals surface area contributed by atoms with Crippen molar-refractivity contribution in [1.29, 1.82) is 0 Å². The first-order chi connectivity index (χ1) is 10.2. The Kier molecular flexibility index (Phi) is 2.57. The fraction of sp³-hybridized carbons (Fsp3) is 0.176. The Balaban J connectivity index is 1.84. The molecule has 21 heavy (non-hydrogen) atoms. The van der Waals surface area contributed by atoms with Gasteiger partial charge in [-0.3, -0.25) is 9.36 Å². The molecule has 2 heterocycles. The van der Waals surface area contributed by atoms with Crippen LogP contribution in [0.25, 0.3) is 10.9 Å². The van der Waals surface area contributed by atoms with Crippen molar-refractivity contribution in [1.82, 2.24) is 9.55 Å². The minimum atomic E-state index is -0.149. The van der Waals surface area contributed by atoms with Crippen LogP contribution in [0.2, 0.25) is 0 Å². The fourth-order valence-electron chi connectivity index (χ4n) is 2.73. The standard InChI is InChI=1S/C17H14N2O2/c1-11-7-8-13-14(9-11)18-17-19(16(13)20)10-15(21-17)12-5-3-2-4-6-12/h2-9,15H,10H2,1H3. The molecule has 0 amide bonds. The summed E-state index contributed by atoms with van der Waals surface area (Å²) in [5.74, 6) is 0. The summed E-state index contributed by atoms with van der Waals surface area (Å²) in [6.45, 7) is 2.49. The summed E-state index contributed by atoms with van der Waals surface area (Å²) < 4.78 is 7.49. The summed E-state index contributed by atoms with van der Waals surface area (Å²) in [7, 11) is 0. The first-order valence-corrected chi connectivity index (χ1v) is 6.95. The van der Waals surface area contributed by atoms with Gasteiger partial charge in [0.25, 0.3) is 5.56 Å². The molecular formula is C17H14N2O2. The van der Waals surface area contributed by atoms with Gasteiger partial charge in [-0.15, -0.1) is 0 Å². The highest BCUT2D eigenvalue weighted by Crippen LogP contribution is 2.29. The van der Waals surface area contributed by atoms with Gasteiger partial charge in [0.05, 0.1) is 17.4 Å². The molecule has 0 aliphatic carbocycles. The molecule has 4 heteroatoms.